The smallest absolute Gasteiger partial charge is 0.269 e. The Morgan fingerprint density at radius 2 is 1.79 bits per heavy atom. The van der Waals surface area contributed by atoms with E-state index in [1.54, 1.807) is 4.83 Å². The number of hydrazine groups is 1. The van der Waals surface area contributed by atoms with Gasteiger partial charge in [0.2, 0.25) is 0 Å². The van der Waals surface area contributed by atoms with E-state index < -0.39 is 31.6 Å². The van der Waals surface area contributed by atoms with Gasteiger partial charge in [0.1, 0.15) is 10.7 Å². The van der Waals surface area contributed by atoms with Gasteiger partial charge in [-0.1, -0.05) is 11.6 Å². The third-order valence-corrected chi connectivity index (χ3v) is 4.34. The summed E-state index contributed by atoms with van der Waals surface area (Å²) in [4.78, 5) is 22.7. The Balaban J connectivity index is 2.11. The second kappa shape index (κ2) is 6.91. The molecule has 0 unspecified atom stereocenters. The van der Waals surface area contributed by atoms with E-state index in [2.05, 4.69) is 0 Å². The first kappa shape index (κ1) is 17.8. The standard InChI is InChI=1S/C13H9ClFN3O5S/c14-9-3-6-12(11(15)7-9)24(22,23)17-16-13(19)8-1-4-10(5-2-8)18(20)21/h1-7,17H,(H,16,19). The normalized spacial score (nSPS) is 11.1. The molecule has 0 aliphatic carbocycles. The van der Waals surface area contributed by atoms with Gasteiger partial charge < -0.3 is 0 Å². The highest BCUT2D eigenvalue weighted by atomic mass is 35.5. The van der Waals surface area contributed by atoms with Crippen molar-refractivity contribution in [1.29, 1.82) is 0 Å². The highest BCUT2D eigenvalue weighted by molar-refractivity contribution is 7.89. The molecule has 24 heavy (non-hydrogen) atoms. The SMILES string of the molecule is O=C(NNS(=O)(=O)c1ccc(Cl)cc1F)c1ccc([N+](=O)[O-])cc1. The zero-order valence-electron chi connectivity index (χ0n) is 11.7. The fourth-order valence-electron chi connectivity index (χ4n) is 1.67. The number of hydrogen-bond donors (Lipinski definition) is 2. The molecule has 8 nitrogen and oxygen atoms in total. The number of nitro groups is 1. The van der Waals surface area contributed by atoms with Gasteiger partial charge in [0.25, 0.3) is 21.6 Å². The molecule has 0 saturated carbocycles. The number of sulfonamides is 1. The minimum Gasteiger partial charge on any atom is -0.273 e. The summed E-state index contributed by atoms with van der Waals surface area (Å²) in [6.07, 6.45) is 0. The number of carbonyl (C=O) groups excluding carboxylic acids is 1. The van der Waals surface area contributed by atoms with Crippen molar-refractivity contribution >= 4 is 33.2 Å². The maximum atomic E-state index is 13.6. The van der Waals surface area contributed by atoms with E-state index in [1.807, 2.05) is 5.43 Å². The molecule has 2 aromatic rings. The highest BCUT2D eigenvalue weighted by Crippen LogP contribution is 2.18. The molecule has 0 spiro atoms. The molecule has 0 atom stereocenters. The van der Waals surface area contributed by atoms with Crippen molar-refractivity contribution in [3.63, 3.8) is 0 Å². The van der Waals surface area contributed by atoms with Crippen LogP contribution in [0.25, 0.3) is 0 Å². The van der Waals surface area contributed by atoms with Gasteiger partial charge >= 0.3 is 0 Å². The molecule has 11 heteroatoms. The van der Waals surface area contributed by atoms with Crippen molar-refractivity contribution < 1.29 is 22.5 Å². The Hall–Kier alpha value is -2.56. The second-order valence-corrected chi connectivity index (χ2v) is 6.53. The van der Waals surface area contributed by atoms with Crippen molar-refractivity contribution in [1.82, 2.24) is 10.3 Å². The van der Waals surface area contributed by atoms with Crippen molar-refractivity contribution in [3.8, 4) is 0 Å². The van der Waals surface area contributed by atoms with Gasteiger partial charge in [-0.25, -0.2) is 12.8 Å². The number of amides is 1. The first-order valence-electron chi connectivity index (χ1n) is 6.22. The van der Waals surface area contributed by atoms with E-state index in [0.29, 0.717) is 0 Å². The molecule has 0 radical (unpaired) electrons. The molecule has 0 aliphatic heterocycles. The molecule has 0 saturated heterocycles. The van der Waals surface area contributed by atoms with Crippen molar-refractivity contribution in [2.45, 2.75) is 4.90 Å². The Labute approximate surface area is 140 Å². The van der Waals surface area contributed by atoms with Gasteiger partial charge in [-0.3, -0.25) is 20.3 Å². The van der Waals surface area contributed by atoms with Gasteiger partial charge in [-0.05, 0) is 30.3 Å². The summed E-state index contributed by atoms with van der Waals surface area (Å²) in [5, 5.41) is 10.5. The third kappa shape index (κ3) is 4.04. The number of nitrogens with one attached hydrogen (secondary N) is 2. The number of carbonyl (C=O) groups is 1. The molecule has 0 heterocycles. The molecule has 1 amide bonds. The number of rotatable bonds is 5. The van der Waals surface area contributed by atoms with Crippen molar-refractivity contribution in [2.75, 3.05) is 0 Å². The number of nitrogens with zero attached hydrogens (tertiary/aromatic N) is 1. The Morgan fingerprint density at radius 1 is 1.17 bits per heavy atom. The largest absolute Gasteiger partial charge is 0.273 e. The summed E-state index contributed by atoms with van der Waals surface area (Å²) < 4.78 is 37.5. The lowest BCUT2D eigenvalue weighted by molar-refractivity contribution is -0.384. The van der Waals surface area contributed by atoms with Crippen molar-refractivity contribution in [3.05, 3.63) is 69.0 Å². The summed E-state index contributed by atoms with van der Waals surface area (Å²) >= 11 is 5.54. The lowest BCUT2D eigenvalue weighted by Gasteiger charge is -2.09. The van der Waals surface area contributed by atoms with Gasteiger partial charge in [0.15, 0.2) is 0 Å². The van der Waals surface area contributed by atoms with E-state index in [9.17, 15) is 27.7 Å². The van der Waals surface area contributed by atoms with Crippen LogP contribution in [0.15, 0.2) is 47.4 Å². The summed E-state index contributed by atoms with van der Waals surface area (Å²) in [5.41, 5.74) is 1.63. The van der Waals surface area contributed by atoms with Crippen LogP contribution in [0, 0.1) is 15.9 Å². The second-order valence-electron chi connectivity index (χ2n) is 4.44. The van der Waals surface area contributed by atoms with Crippen LogP contribution in [0.2, 0.25) is 5.02 Å². The molecular weight excluding hydrogens is 365 g/mol. The molecule has 2 aromatic carbocycles. The lowest BCUT2D eigenvalue weighted by Crippen LogP contribution is -2.41. The van der Waals surface area contributed by atoms with E-state index in [-0.39, 0.29) is 16.3 Å². The number of nitro benzene ring substituents is 1. The molecular formula is C13H9ClFN3O5S. The minimum absolute atomic E-state index is 0.0152. The molecule has 0 aromatic heterocycles. The van der Waals surface area contributed by atoms with E-state index in [0.717, 1.165) is 36.4 Å². The Bertz CT molecular complexity index is 902. The van der Waals surface area contributed by atoms with Gasteiger partial charge in [0, 0.05) is 22.7 Å². The zero-order valence-corrected chi connectivity index (χ0v) is 13.3. The van der Waals surface area contributed by atoms with Crippen LogP contribution in [-0.2, 0) is 10.0 Å². The van der Waals surface area contributed by atoms with E-state index in [1.165, 1.54) is 6.07 Å². The van der Waals surface area contributed by atoms with Gasteiger partial charge in [0.05, 0.1) is 4.92 Å². The van der Waals surface area contributed by atoms with E-state index >= 15 is 0 Å². The fraction of sp³-hybridized carbons (Fsp3) is 0. The maximum absolute atomic E-state index is 13.6. The predicted octanol–water partition coefficient (Wildman–Crippen LogP) is 2.01. The predicted molar refractivity (Wildman–Crippen MR) is 82.3 cm³/mol. The summed E-state index contributed by atoms with van der Waals surface area (Å²) in [6, 6.07) is 7.39. The topological polar surface area (TPSA) is 118 Å². The summed E-state index contributed by atoms with van der Waals surface area (Å²) in [6.45, 7) is 0. The average Bonchev–Trinajstić information content (AvgIpc) is 2.52. The molecule has 2 rings (SSSR count). The molecule has 0 aliphatic rings. The number of non-ortho nitro benzene ring substituents is 1. The minimum atomic E-state index is -4.36. The fourth-order valence-corrected chi connectivity index (χ4v) is 2.73. The van der Waals surface area contributed by atoms with Crippen molar-refractivity contribution in [2.24, 2.45) is 0 Å². The van der Waals surface area contributed by atoms with Crippen LogP contribution in [0.5, 0.6) is 0 Å². The third-order valence-electron chi connectivity index (χ3n) is 2.82. The van der Waals surface area contributed by atoms with Crippen LogP contribution in [0.1, 0.15) is 10.4 Å². The van der Waals surface area contributed by atoms with Gasteiger partial charge in [-0.15, -0.1) is 4.83 Å². The monoisotopic (exact) mass is 373 g/mol. The Morgan fingerprint density at radius 3 is 2.33 bits per heavy atom. The first-order valence-corrected chi connectivity index (χ1v) is 8.08. The van der Waals surface area contributed by atoms with Crippen LogP contribution < -0.4 is 10.3 Å². The summed E-state index contributed by atoms with van der Waals surface area (Å²) in [7, 11) is -4.36. The average molecular weight is 374 g/mol. The number of halogens is 2. The van der Waals surface area contributed by atoms with Crippen LogP contribution >= 0.6 is 11.6 Å². The molecule has 0 bridgehead atoms. The molecule has 126 valence electrons. The molecule has 0 fully saturated rings. The van der Waals surface area contributed by atoms with Crippen LogP contribution in [-0.4, -0.2) is 19.2 Å². The zero-order chi connectivity index (χ0) is 17.9. The van der Waals surface area contributed by atoms with Crippen LogP contribution in [0.4, 0.5) is 10.1 Å². The van der Waals surface area contributed by atoms with Crippen LogP contribution in [0.3, 0.4) is 0 Å². The number of hydrogen-bond acceptors (Lipinski definition) is 5. The molecule has 2 N–H and O–H groups in total. The highest BCUT2D eigenvalue weighted by Gasteiger charge is 2.20. The number of benzene rings is 2. The lowest BCUT2D eigenvalue weighted by atomic mass is 10.2. The first-order chi connectivity index (χ1) is 11.2. The van der Waals surface area contributed by atoms with E-state index in [4.69, 9.17) is 11.6 Å². The quantitative estimate of drug-likeness (QED) is 0.614. The maximum Gasteiger partial charge on any atom is 0.269 e. The summed E-state index contributed by atoms with van der Waals surface area (Å²) in [5.74, 6) is -1.96. The Kier molecular flexibility index (Phi) is 5.12. The van der Waals surface area contributed by atoms with Gasteiger partial charge in [-0.2, -0.15) is 0 Å².